The van der Waals surface area contributed by atoms with E-state index in [0.717, 1.165) is 0 Å². The van der Waals surface area contributed by atoms with Crippen LogP contribution in [0.2, 0.25) is 0 Å². The molecule has 0 aliphatic heterocycles. The zero-order valence-electron chi connectivity index (χ0n) is 15.0. The van der Waals surface area contributed by atoms with E-state index in [1.165, 1.54) is 63.5 Å². The van der Waals surface area contributed by atoms with Crippen molar-refractivity contribution in [2.24, 2.45) is 0 Å². The molecule has 0 amide bonds. The number of rotatable bonds is 0. The monoisotopic (exact) mass is 373 g/mol. The molecule has 0 radical (unpaired) electrons. The summed E-state index contributed by atoms with van der Waals surface area (Å²) in [7, 11) is 0. The van der Waals surface area contributed by atoms with Gasteiger partial charge in [-0.15, -0.1) is 11.3 Å². The molecule has 0 saturated heterocycles. The van der Waals surface area contributed by atoms with Gasteiger partial charge in [0.1, 0.15) is 0 Å². The quantitative estimate of drug-likeness (QED) is 0.259. The molecule has 1 N–H and O–H groups in total. The Morgan fingerprint density at radius 1 is 0.500 bits per heavy atom. The summed E-state index contributed by atoms with van der Waals surface area (Å²) in [6, 6.07) is 31.0. The first-order valence-corrected chi connectivity index (χ1v) is 10.4. The van der Waals surface area contributed by atoms with Crippen molar-refractivity contribution < 1.29 is 0 Å². The van der Waals surface area contributed by atoms with E-state index in [4.69, 9.17) is 0 Å². The third kappa shape index (κ3) is 1.76. The summed E-state index contributed by atoms with van der Waals surface area (Å²) < 4.78 is 2.75. The number of hydrogen-bond donors (Lipinski definition) is 1. The fraction of sp³-hybridized carbons (Fsp3) is 0. The van der Waals surface area contributed by atoms with Gasteiger partial charge in [-0.05, 0) is 34.4 Å². The molecular formula is C26H15NS. The highest BCUT2D eigenvalue weighted by atomic mass is 32.1. The summed E-state index contributed by atoms with van der Waals surface area (Å²) in [4.78, 5) is 3.58. The van der Waals surface area contributed by atoms with Gasteiger partial charge in [0.05, 0.1) is 0 Å². The van der Waals surface area contributed by atoms with Crippen LogP contribution in [-0.2, 0) is 0 Å². The van der Waals surface area contributed by atoms with Gasteiger partial charge in [-0.1, -0.05) is 66.7 Å². The molecule has 0 unspecified atom stereocenters. The van der Waals surface area contributed by atoms with Crippen molar-refractivity contribution in [2.45, 2.75) is 0 Å². The van der Waals surface area contributed by atoms with Gasteiger partial charge in [0.2, 0.25) is 0 Å². The van der Waals surface area contributed by atoms with E-state index in [1.54, 1.807) is 0 Å². The second-order valence-electron chi connectivity index (χ2n) is 7.46. The number of H-pyrrole nitrogens is 1. The lowest BCUT2D eigenvalue weighted by molar-refractivity contribution is 1.55. The molecule has 7 aromatic rings. The van der Waals surface area contributed by atoms with Crippen molar-refractivity contribution >= 4 is 74.9 Å². The molecule has 0 atom stereocenters. The summed E-state index contributed by atoms with van der Waals surface area (Å²) in [5.41, 5.74) is 2.40. The molecule has 5 aromatic carbocycles. The Morgan fingerprint density at radius 2 is 1.21 bits per heavy atom. The van der Waals surface area contributed by atoms with Gasteiger partial charge >= 0.3 is 0 Å². The Labute approximate surface area is 164 Å². The van der Waals surface area contributed by atoms with E-state index in [1.807, 2.05) is 11.3 Å². The number of thiophene rings is 1. The molecule has 28 heavy (non-hydrogen) atoms. The topological polar surface area (TPSA) is 15.8 Å². The van der Waals surface area contributed by atoms with Crippen molar-refractivity contribution in [3.8, 4) is 0 Å². The molecule has 2 aromatic heterocycles. The number of nitrogens with one attached hydrogen (secondary N) is 1. The summed E-state index contributed by atoms with van der Waals surface area (Å²) in [5.74, 6) is 0. The molecule has 0 fully saturated rings. The Bertz CT molecular complexity index is 1720. The molecule has 0 aliphatic carbocycles. The Kier molecular flexibility index (Phi) is 2.68. The van der Waals surface area contributed by atoms with Crippen LogP contribution in [0, 0.1) is 0 Å². The van der Waals surface area contributed by atoms with Crippen molar-refractivity contribution in [3.63, 3.8) is 0 Å². The lowest BCUT2D eigenvalue weighted by Crippen LogP contribution is -1.80. The molecule has 2 heterocycles. The normalized spacial score (nSPS) is 12.3. The van der Waals surface area contributed by atoms with Gasteiger partial charge in [0.25, 0.3) is 0 Å². The highest BCUT2D eigenvalue weighted by Crippen LogP contribution is 2.42. The molecule has 0 saturated carbocycles. The van der Waals surface area contributed by atoms with Gasteiger partial charge < -0.3 is 4.98 Å². The maximum absolute atomic E-state index is 3.58. The van der Waals surface area contributed by atoms with Gasteiger partial charge in [-0.2, -0.15) is 0 Å². The second kappa shape index (κ2) is 5.12. The van der Waals surface area contributed by atoms with E-state index < -0.39 is 0 Å². The molecule has 7 rings (SSSR count). The summed E-state index contributed by atoms with van der Waals surface area (Å²) in [6.07, 6.45) is 0. The van der Waals surface area contributed by atoms with Crippen LogP contribution >= 0.6 is 11.3 Å². The van der Waals surface area contributed by atoms with Crippen molar-refractivity contribution in [1.29, 1.82) is 0 Å². The lowest BCUT2D eigenvalue weighted by atomic mass is 9.97. The van der Waals surface area contributed by atoms with E-state index in [-0.39, 0.29) is 0 Å². The first-order chi connectivity index (χ1) is 13.9. The number of aromatic nitrogens is 1. The highest BCUT2D eigenvalue weighted by Gasteiger charge is 2.13. The fourth-order valence-corrected chi connectivity index (χ4v) is 6.03. The predicted octanol–water partition coefficient (Wildman–Crippen LogP) is 8.00. The molecule has 2 heteroatoms. The molecule has 130 valence electrons. The van der Waals surface area contributed by atoms with Crippen LogP contribution in [0.25, 0.3) is 63.5 Å². The number of aromatic amines is 1. The van der Waals surface area contributed by atoms with Gasteiger partial charge in [0, 0.05) is 47.4 Å². The molecule has 1 nitrogen and oxygen atoms in total. The molecule has 0 spiro atoms. The minimum Gasteiger partial charge on any atom is -0.354 e. The predicted molar refractivity (Wildman–Crippen MR) is 124 cm³/mol. The lowest BCUT2D eigenvalue weighted by Gasteiger charge is -2.07. The Balaban J connectivity index is 1.77. The Hall–Kier alpha value is -3.36. The minimum atomic E-state index is 1.20. The summed E-state index contributed by atoms with van der Waals surface area (Å²) in [5, 5.41) is 10.7. The largest absolute Gasteiger partial charge is 0.354 e. The smallest absolute Gasteiger partial charge is 0.0471 e. The zero-order chi connectivity index (χ0) is 18.2. The average Bonchev–Trinajstić information content (AvgIpc) is 3.31. The van der Waals surface area contributed by atoms with Gasteiger partial charge in [-0.3, -0.25) is 0 Å². The van der Waals surface area contributed by atoms with Gasteiger partial charge in [0.15, 0.2) is 0 Å². The number of hydrogen-bond acceptors (Lipinski definition) is 1. The first kappa shape index (κ1) is 14.7. The molecule has 0 bridgehead atoms. The zero-order valence-corrected chi connectivity index (χ0v) is 15.8. The van der Waals surface area contributed by atoms with Gasteiger partial charge in [-0.25, -0.2) is 0 Å². The van der Waals surface area contributed by atoms with Crippen LogP contribution in [-0.4, -0.2) is 4.98 Å². The number of para-hydroxylation sites is 1. The fourth-order valence-electron chi connectivity index (χ4n) is 4.75. The van der Waals surface area contributed by atoms with Crippen LogP contribution < -0.4 is 0 Å². The third-order valence-corrected chi connectivity index (χ3v) is 7.19. The average molecular weight is 373 g/mol. The SMILES string of the molecule is c1ccc2c(c1)[nH]c1ccc3c(ccc4ccc5c6ccccc6sc5c43)c12. The maximum atomic E-state index is 3.58. The van der Waals surface area contributed by atoms with Crippen LogP contribution in [0.1, 0.15) is 0 Å². The number of fused-ring (bicyclic) bond motifs is 11. The number of benzene rings is 5. The van der Waals surface area contributed by atoms with E-state index in [9.17, 15) is 0 Å². The van der Waals surface area contributed by atoms with Crippen molar-refractivity contribution in [3.05, 3.63) is 84.9 Å². The van der Waals surface area contributed by atoms with E-state index in [2.05, 4.69) is 89.9 Å². The van der Waals surface area contributed by atoms with E-state index in [0.29, 0.717) is 0 Å². The molecule has 0 aliphatic rings. The van der Waals surface area contributed by atoms with Crippen LogP contribution in [0.15, 0.2) is 84.9 Å². The van der Waals surface area contributed by atoms with Crippen LogP contribution in [0.3, 0.4) is 0 Å². The minimum absolute atomic E-state index is 1.20. The van der Waals surface area contributed by atoms with Crippen molar-refractivity contribution in [1.82, 2.24) is 4.98 Å². The standard InChI is InChI=1S/C26H15NS/c1-3-7-21-20(6-1)25-18-11-9-15-10-12-19-16-5-2-4-8-23(16)28-26(19)24(15)17(18)13-14-22(25)27-21/h1-14,27H. The second-order valence-corrected chi connectivity index (χ2v) is 8.51. The summed E-state index contributed by atoms with van der Waals surface area (Å²) in [6.45, 7) is 0. The molecular weight excluding hydrogens is 358 g/mol. The van der Waals surface area contributed by atoms with Crippen LogP contribution in [0.5, 0.6) is 0 Å². The highest BCUT2D eigenvalue weighted by molar-refractivity contribution is 7.26. The van der Waals surface area contributed by atoms with E-state index >= 15 is 0 Å². The van der Waals surface area contributed by atoms with Crippen LogP contribution in [0.4, 0.5) is 0 Å². The Morgan fingerprint density at radius 3 is 2.14 bits per heavy atom. The summed E-state index contributed by atoms with van der Waals surface area (Å²) >= 11 is 1.91. The van der Waals surface area contributed by atoms with Crippen molar-refractivity contribution in [2.75, 3.05) is 0 Å². The third-order valence-electron chi connectivity index (χ3n) is 5.99. The maximum Gasteiger partial charge on any atom is 0.0471 e. The first-order valence-electron chi connectivity index (χ1n) is 9.54.